The molecule has 4 atom stereocenters. The van der Waals surface area contributed by atoms with Gasteiger partial charge in [0.1, 0.15) is 0 Å². The Morgan fingerprint density at radius 3 is 2.70 bits per heavy atom. The van der Waals surface area contributed by atoms with Gasteiger partial charge in [0.15, 0.2) is 0 Å². The van der Waals surface area contributed by atoms with Crippen LogP contribution >= 0.6 is 0 Å². The Bertz CT molecular complexity index is 414. The van der Waals surface area contributed by atoms with Crippen LogP contribution in [0, 0.1) is 11.8 Å². The molecule has 4 nitrogen and oxygen atoms in total. The molecule has 0 amide bonds. The number of allylic oxidation sites excluding steroid dienone is 2. The van der Waals surface area contributed by atoms with E-state index in [9.17, 15) is 4.79 Å². The van der Waals surface area contributed by atoms with Crippen molar-refractivity contribution in [2.75, 3.05) is 6.61 Å². The van der Waals surface area contributed by atoms with Crippen LogP contribution in [0.5, 0.6) is 0 Å². The van der Waals surface area contributed by atoms with Gasteiger partial charge in [0.2, 0.25) is 0 Å². The summed E-state index contributed by atoms with van der Waals surface area (Å²) >= 11 is 0. The molecule has 2 saturated heterocycles. The van der Waals surface area contributed by atoms with Crippen molar-refractivity contribution in [3.63, 3.8) is 0 Å². The summed E-state index contributed by atoms with van der Waals surface area (Å²) in [5, 5.41) is 8.64. The molecule has 3 rings (SSSR count). The van der Waals surface area contributed by atoms with Gasteiger partial charge >= 0.3 is 5.97 Å². The first-order chi connectivity index (χ1) is 11.2. The lowest BCUT2D eigenvalue weighted by Gasteiger charge is -2.28. The first-order valence-corrected chi connectivity index (χ1v) is 9.38. The Morgan fingerprint density at radius 1 is 1.13 bits per heavy atom. The highest BCUT2D eigenvalue weighted by molar-refractivity contribution is 5.66. The smallest absolute Gasteiger partial charge is 0.303 e. The van der Waals surface area contributed by atoms with Gasteiger partial charge in [-0.3, -0.25) is 4.79 Å². The number of carboxylic acid groups (broad SMARTS) is 1. The Hall–Kier alpha value is -0.870. The van der Waals surface area contributed by atoms with Gasteiger partial charge in [-0.2, -0.15) is 0 Å². The number of carboxylic acids is 1. The van der Waals surface area contributed by atoms with E-state index >= 15 is 0 Å². The summed E-state index contributed by atoms with van der Waals surface area (Å²) in [5.41, 5.74) is 0. The summed E-state index contributed by atoms with van der Waals surface area (Å²) in [5.74, 6) is 0.549. The molecule has 0 aromatic carbocycles. The number of hydrogen-bond donors (Lipinski definition) is 1. The molecular formula is C19H30O4. The molecule has 0 unspecified atom stereocenters. The molecule has 0 aromatic heterocycles. The zero-order valence-corrected chi connectivity index (χ0v) is 14.0. The molecular weight excluding hydrogens is 292 g/mol. The predicted octanol–water partition coefficient (Wildman–Crippen LogP) is 3.94. The highest BCUT2D eigenvalue weighted by Gasteiger charge is 2.49. The highest BCUT2D eigenvalue weighted by atomic mass is 16.6. The maximum absolute atomic E-state index is 10.5. The van der Waals surface area contributed by atoms with Crippen LogP contribution in [0.1, 0.15) is 64.2 Å². The van der Waals surface area contributed by atoms with E-state index in [1.165, 1.54) is 32.1 Å². The maximum Gasteiger partial charge on any atom is 0.303 e. The van der Waals surface area contributed by atoms with Crippen molar-refractivity contribution < 1.29 is 19.4 Å². The summed E-state index contributed by atoms with van der Waals surface area (Å²) in [4.78, 5) is 10.5. The van der Waals surface area contributed by atoms with Crippen molar-refractivity contribution >= 4 is 5.97 Å². The summed E-state index contributed by atoms with van der Waals surface area (Å²) in [6.07, 6.45) is 15.8. The zero-order chi connectivity index (χ0) is 16.1. The van der Waals surface area contributed by atoms with E-state index in [0.717, 1.165) is 38.2 Å². The van der Waals surface area contributed by atoms with Crippen molar-refractivity contribution in [1.29, 1.82) is 0 Å². The van der Waals surface area contributed by atoms with Crippen molar-refractivity contribution in [3.8, 4) is 0 Å². The van der Waals surface area contributed by atoms with Crippen LogP contribution in [0.25, 0.3) is 0 Å². The Balaban J connectivity index is 1.42. The molecule has 1 aliphatic carbocycles. The number of rotatable bonds is 9. The van der Waals surface area contributed by atoms with Crippen LogP contribution in [0.3, 0.4) is 0 Å². The first-order valence-electron chi connectivity index (χ1n) is 9.38. The van der Waals surface area contributed by atoms with E-state index in [0.29, 0.717) is 18.1 Å². The van der Waals surface area contributed by atoms with Crippen molar-refractivity contribution in [2.45, 2.75) is 82.5 Å². The van der Waals surface area contributed by atoms with Crippen LogP contribution in [-0.2, 0) is 14.3 Å². The lowest BCUT2D eigenvalue weighted by molar-refractivity contribution is -0.137. The zero-order valence-electron chi connectivity index (χ0n) is 14.0. The lowest BCUT2D eigenvalue weighted by atomic mass is 9.84. The molecule has 1 N–H and O–H groups in total. The Morgan fingerprint density at radius 2 is 1.91 bits per heavy atom. The topological polar surface area (TPSA) is 55.8 Å². The molecule has 2 bridgehead atoms. The van der Waals surface area contributed by atoms with E-state index in [-0.39, 0.29) is 12.5 Å². The quantitative estimate of drug-likeness (QED) is 0.516. The number of ether oxygens (including phenoxy) is 2. The van der Waals surface area contributed by atoms with Gasteiger partial charge in [-0.25, -0.2) is 0 Å². The number of carbonyl (C=O) groups is 1. The van der Waals surface area contributed by atoms with Gasteiger partial charge in [0.25, 0.3) is 0 Å². The number of fused-ring (bicyclic) bond motifs is 2. The average molecular weight is 322 g/mol. The molecule has 2 heterocycles. The summed E-state index contributed by atoms with van der Waals surface area (Å²) < 4.78 is 12.4. The van der Waals surface area contributed by atoms with Gasteiger partial charge in [-0.05, 0) is 50.9 Å². The molecule has 130 valence electrons. The van der Waals surface area contributed by atoms with Gasteiger partial charge in [-0.1, -0.05) is 25.0 Å². The Kier molecular flexibility index (Phi) is 6.12. The minimum atomic E-state index is -0.708. The predicted molar refractivity (Wildman–Crippen MR) is 88.3 cm³/mol. The third-order valence-corrected chi connectivity index (χ3v) is 5.69. The number of unbranched alkanes of at least 4 members (excludes halogenated alkanes) is 1. The minimum Gasteiger partial charge on any atom is -0.481 e. The third kappa shape index (κ3) is 4.57. The molecule has 1 saturated carbocycles. The summed E-state index contributed by atoms with van der Waals surface area (Å²) in [6.45, 7) is 0.913. The Labute approximate surface area is 139 Å². The average Bonchev–Trinajstić information content (AvgIpc) is 3.25. The van der Waals surface area contributed by atoms with E-state index in [1.807, 2.05) is 0 Å². The fourth-order valence-corrected chi connectivity index (χ4v) is 4.42. The molecule has 2 aliphatic heterocycles. The van der Waals surface area contributed by atoms with Crippen molar-refractivity contribution in [3.05, 3.63) is 12.2 Å². The molecule has 4 heteroatoms. The second-order valence-corrected chi connectivity index (χ2v) is 7.40. The largest absolute Gasteiger partial charge is 0.481 e. The fourth-order valence-electron chi connectivity index (χ4n) is 4.42. The molecule has 0 radical (unpaired) electrons. The van der Waals surface area contributed by atoms with Gasteiger partial charge in [0, 0.05) is 18.9 Å². The SMILES string of the molecule is O=C(O)CCC/C=C\C[C@H]1[C@H](OCC2CCCC2)[C@H]2CC[C@@H]1O2. The summed E-state index contributed by atoms with van der Waals surface area (Å²) in [7, 11) is 0. The fraction of sp³-hybridized carbons (Fsp3) is 0.842. The maximum atomic E-state index is 10.5. The monoisotopic (exact) mass is 322 g/mol. The van der Waals surface area contributed by atoms with Gasteiger partial charge in [0.05, 0.1) is 18.3 Å². The standard InChI is InChI=1S/C19H30O4/c20-18(21)10-4-2-1-3-9-15-16-11-12-17(23-16)19(15)22-13-14-7-5-6-8-14/h1,3,14-17,19H,2,4-13H2,(H,20,21)/b3-1-/t15-,16+,17-,19+/m1/s1. The third-order valence-electron chi connectivity index (χ3n) is 5.69. The normalized spacial score (nSPS) is 33.9. The minimum absolute atomic E-state index is 0.259. The van der Waals surface area contributed by atoms with Crippen molar-refractivity contribution in [1.82, 2.24) is 0 Å². The second kappa shape index (κ2) is 8.29. The summed E-state index contributed by atoms with van der Waals surface area (Å²) in [6, 6.07) is 0. The van der Waals surface area contributed by atoms with E-state index < -0.39 is 5.97 Å². The van der Waals surface area contributed by atoms with Crippen LogP contribution in [-0.4, -0.2) is 36.0 Å². The van der Waals surface area contributed by atoms with Crippen LogP contribution in [0.4, 0.5) is 0 Å². The number of hydrogen-bond acceptors (Lipinski definition) is 3. The molecule has 0 aromatic rings. The first kappa shape index (κ1) is 17.0. The lowest BCUT2D eigenvalue weighted by Crippen LogP contribution is -2.35. The number of aliphatic carboxylic acids is 1. The molecule has 3 aliphatic rings. The van der Waals surface area contributed by atoms with Crippen LogP contribution < -0.4 is 0 Å². The second-order valence-electron chi connectivity index (χ2n) is 7.40. The van der Waals surface area contributed by atoms with Crippen LogP contribution in [0.2, 0.25) is 0 Å². The van der Waals surface area contributed by atoms with E-state index in [4.69, 9.17) is 14.6 Å². The van der Waals surface area contributed by atoms with E-state index in [1.54, 1.807) is 0 Å². The van der Waals surface area contributed by atoms with Crippen LogP contribution in [0.15, 0.2) is 12.2 Å². The van der Waals surface area contributed by atoms with Gasteiger partial charge in [-0.15, -0.1) is 0 Å². The molecule has 23 heavy (non-hydrogen) atoms. The van der Waals surface area contributed by atoms with Gasteiger partial charge < -0.3 is 14.6 Å². The highest BCUT2D eigenvalue weighted by Crippen LogP contribution is 2.43. The van der Waals surface area contributed by atoms with Crippen molar-refractivity contribution in [2.24, 2.45) is 11.8 Å². The van der Waals surface area contributed by atoms with E-state index in [2.05, 4.69) is 12.2 Å². The molecule has 0 spiro atoms. The molecule has 3 fully saturated rings.